The maximum Gasteiger partial charge on any atom is 0.416 e. The van der Waals surface area contributed by atoms with Crippen molar-refractivity contribution in [2.24, 2.45) is 5.41 Å². The summed E-state index contributed by atoms with van der Waals surface area (Å²) in [6.07, 6.45) is 1.31. The first kappa shape index (κ1) is 29.6. The molecule has 0 amide bonds. The third kappa shape index (κ3) is 7.82. The van der Waals surface area contributed by atoms with Crippen molar-refractivity contribution in [3.63, 3.8) is 0 Å². The Kier molecular flexibility index (Phi) is 9.48. The lowest BCUT2D eigenvalue weighted by atomic mass is 9.83. The van der Waals surface area contributed by atoms with Gasteiger partial charge in [0.25, 0.3) is 0 Å². The molecular formula is C31H31F3O5S. The Labute approximate surface area is 236 Å². The summed E-state index contributed by atoms with van der Waals surface area (Å²) in [5, 5.41) is 0. The number of halogens is 3. The average molecular weight is 573 g/mol. The Morgan fingerprint density at radius 3 is 2.45 bits per heavy atom. The minimum Gasteiger partial charge on any atom is -0.486 e. The van der Waals surface area contributed by atoms with Crippen molar-refractivity contribution in [2.45, 2.75) is 45.4 Å². The highest BCUT2D eigenvalue weighted by Gasteiger charge is 2.31. The highest BCUT2D eigenvalue weighted by molar-refractivity contribution is 8.02. The van der Waals surface area contributed by atoms with Gasteiger partial charge in [-0.25, -0.2) is 4.79 Å². The largest absolute Gasteiger partial charge is 0.486 e. The maximum absolute atomic E-state index is 13.0. The molecule has 0 aliphatic heterocycles. The van der Waals surface area contributed by atoms with Crippen LogP contribution in [0.3, 0.4) is 0 Å². The zero-order valence-electron chi connectivity index (χ0n) is 22.5. The number of para-hydroxylation sites is 1. The third-order valence-electron chi connectivity index (χ3n) is 6.27. The van der Waals surface area contributed by atoms with Crippen molar-refractivity contribution in [3.8, 4) is 17.1 Å². The van der Waals surface area contributed by atoms with Gasteiger partial charge >= 0.3 is 12.1 Å². The summed E-state index contributed by atoms with van der Waals surface area (Å²) >= 11 is 1.60. The number of rotatable bonds is 11. The van der Waals surface area contributed by atoms with Crippen molar-refractivity contribution < 1.29 is 36.6 Å². The molecule has 0 saturated carbocycles. The van der Waals surface area contributed by atoms with Crippen LogP contribution in [0, 0.1) is 5.41 Å². The van der Waals surface area contributed by atoms with Crippen LogP contribution in [-0.2, 0) is 32.8 Å². The molecule has 1 aliphatic carbocycles. The van der Waals surface area contributed by atoms with Crippen LogP contribution in [0.1, 0.15) is 37.7 Å². The number of thioether (sulfide) groups is 1. The van der Waals surface area contributed by atoms with E-state index < -0.39 is 17.7 Å². The van der Waals surface area contributed by atoms with Crippen LogP contribution in [0.2, 0.25) is 0 Å². The van der Waals surface area contributed by atoms with Gasteiger partial charge < -0.3 is 18.6 Å². The normalized spacial score (nSPS) is 16.4. The Hall–Kier alpha value is -3.43. The number of alkyl halides is 3. The second-order valence-electron chi connectivity index (χ2n) is 9.79. The molecule has 40 heavy (non-hydrogen) atoms. The van der Waals surface area contributed by atoms with Crippen LogP contribution in [0.5, 0.6) is 5.75 Å². The maximum atomic E-state index is 13.0. The van der Waals surface area contributed by atoms with Crippen LogP contribution >= 0.6 is 11.8 Å². The predicted octanol–water partition coefficient (Wildman–Crippen LogP) is 8.21. The highest BCUT2D eigenvalue weighted by Crippen LogP contribution is 2.38. The summed E-state index contributed by atoms with van der Waals surface area (Å²) in [6, 6.07) is 16.1. The zero-order chi connectivity index (χ0) is 28.8. The molecule has 0 radical (unpaired) electrons. The molecule has 1 heterocycles. The standard InChI is InChI=1S/C31H31F3O5S/c1-4-36-29(35)19-38-28-15-14-25(17-30(28,2)3)40-20-22-16-26(21-10-12-23(13-11-21)31(32,33)34)39-27(22)18-37-24-8-6-5-7-9-24/h5-17,28H,4,18-20H2,1-3H3. The van der Waals surface area contributed by atoms with Gasteiger partial charge in [0.2, 0.25) is 0 Å². The number of furan rings is 1. The topological polar surface area (TPSA) is 57.9 Å². The first-order chi connectivity index (χ1) is 19.0. The molecular weight excluding hydrogens is 541 g/mol. The summed E-state index contributed by atoms with van der Waals surface area (Å²) in [7, 11) is 0. The van der Waals surface area contributed by atoms with E-state index in [4.69, 9.17) is 18.6 Å². The Bertz CT molecular complexity index is 1340. The summed E-state index contributed by atoms with van der Waals surface area (Å²) in [4.78, 5) is 12.7. The number of carbonyl (C=O) groups is 1. The molecule has 0 spiro atoms. The molecule has 0 bridgehead atoms. The lowest BCUT2D eigenvalue weighted by Crippen LogP contribution is -2.32. The van der Waals surface area contributed by atoms with E-state index in [1.54, 1.807) is 18.7 Å². The number of hydrogen-bond donors (Lipinski definition) is 0. The van der Waals surface area contributed by atoms with Gasteiger partial charge in [-0.15, -0.1) is 11.8 Å². The van der Waals surface area contributed by atoms with Gasteiger partial charge in [0.05, 0.1) is 18.3 Å². The molecule has 0 N–H and O–H groups in total. The van der Waals surface area contributed by atoms with Crippen LogP contribution in [0.4, 0.5) is 13.2 Å². The summed E-state index contributed by atoms with van der Waals surface area (Å²) in [5.74, 6) is 1.91. The van der Waals surface area contributed by atoms with E-state index in [1.165, 1.54) is 12.1 Å². The third-order valence-corrected chi connectivity index (χ3v) is 7.31. The summed E-state index contributed by atoms with van der Waals surface area (Å²) in [5.41, 5.74) is 0.354. The SMILES string of the molecule is CCOC(=O)COC1C=CC(SCc2cc(-c3ccc(C(F)(F)F)cc3)oc2COc2ccccc2)=CC1(C)C. The van der Waals surface area contributed by atoms with Crippen LogP contribution in [-0.4, -0.2) is 25.3 Å². The fraction of sp³-hybridized carbons (Fsp3) is 0.323. The molecule has 212 valence electrons. The Morgan fingerprint density at radius 1 is 1.07 bits per heavy atom. The van der Waals surface area contributed by atoms with E-state index in [0.29, 0.717) is 35.2 Å². The molecule has 1 atom stereocenters. The van der Waals surface area contributed by atoms with Gasteiger partial charge in [0.1, 0.15) is 30.5 Å². The molecule has 1 unspecified atom stereocenters. The summed E-state index contributed by atoms with van der Waals surface area (Å²) < 4.78 is 61.8. The van der Waals surface area contributed by atoms with E-state index in [0.717, 1.165) is 22.6 Å². The first-order valence-corrected chi connectivity index (χ1v) is 13.8. The van der Waals surface area contributed by atoms with Crippen LogP contribution in [0.15, 0.2) is 88.2 Å². The van der Waals surface area contributed by atoms with E-state index in [-0.39, 0.29) is 24.7 Å². The molecule has 2 aromatic carbocycles. The second-order valence-corrected chi connectivity index (χ2v) is 10.8. The summed E-state index contributed by atoms with van der Waals surface area (Å²) in [6.45, 7) is 6.18. The van der Waals surface area contributed by atoms with Gasteiger partial charge in [0.15, 0.2) is 0 Å². The van der Waals surface area contributed by atoms with E-state index in [2.05, 4.69) is 6.08 Å². The first-order valence-electron chi connectivity index (χ1n) is 12.8. The molecule has 0 saturated heterocycles. The van der Waals surface area contributed by atoms with Crippen molar-refractivity contribution in [3.05, 3.63) is 101 Å². The van der Waals surface area contributed by atoms with Gasteiger partial charge in [0, 0.05) is 27.2 Å². The molecule has 4 rings (SSSR count). The second kappa shape index (κ2) is 12.8. The van der Waals surface area contributed by atoms with E-state index in [9.17, 15) is 18.0 Å². The molecule has 1 aromatic heterocycles. The van der Waals surface area contributed by atoms with Crippen molar-refractivity contribution in [1.82, 2.24) is 0 Å². The number of allylic oxidation sites excluding steroid dienone is 1. The minimum atomic E-state index is -4.41. The van der Waals surface area contributed by atoms with Gasteiger partial charge in [-0.3, -0.25) is 0 Å². The number of carbonyl (C=O) groups excluding carboxylic acids is 1. The lowest BCUT2D eigenvalue weighted by molar-refractivity contribution is -0.151. The molecule has 0 fully saturated rings. The number of ether oxygens (including phenoxy) is 3. The van der Waals surface area contributed by atoms with Crippen molar-refractivity contribution in [2.75, 3.05) is 13.2 Å². The minimum absolute atomic E-state index is 0.116. The van der Waals surface area contributed by atoms with Crippen molar-refractivity contribution >= 4 is 17.7 Å². The quantitative estimate of drug-likeness (QED) is 0.216. The van der Waals surface area contributed by atoms with Gasteiger partial charge in [-0.2, -0.15) is 13.2 Å². The fourth-order valence-corrected chi connectivity index (χ4v) is 5.28. The number of hydrogen-bond acceptors (Lipinski definition) is 6. The Morgan fingerprint density at radius 2 is 1.80 bits per heavy atom. The molecule has 3 aromatic rings. The average Bonchev–Trinajstić information content (AvgIpc) is 3.33. The van der Waals surface area contributed by atoms with Gasteiger partial charge in [-0.1, -0.05) is 62.4 Å². The molecule has 5 nitrogen and oxygen atoms in total. The van der Waals surface area contributed by atoms with E-state index in [1.807, 2.05) is 62.4 Å². The van der Waals surface area contributed by atoms with Crippen molar-refractivity contribution in [1.29, 1.82) is 0 Å². The zero-order valence-corrected chi connectivity index (χ0v) is 23.3. The van der Waals surface area contributed by atoms with Crippen LogP contribution in [0.25, 0.3) is 11.3 Å². The fourth-order valence-electron chi connectivity index (χ4n) is 4.15. The lowest BCUT2D eigenvalue weighted by Gasteiger charge is -2.32. The Balaban J connectivity index is 1.49. The van der Waals surface area contributed by atoms with Gasteiger partial charge in [-0.05, 0) is 37.3 Å². The molecule has 9 heteroatoms. The van der Waals surface area contributed by atoms with Crippen LogP contribution < -0.4 is 4.74 Å². The molecule has 1 aliphatic rings. The number of esters is 1. The van der Waals surface area contributed by atoms with E-state index >= 15 is 0 Å². The highest BCUT2D eigenvalue weighted by atomic mass is 32.2. The number of benzene rings is 2. The predicted molar refractivity (Wildman–Crippen MR) is 149 cm³/mol. The smallest absolute Gasteiger partial charge is 0.416 e. The monoisotopic (exact) mass is 572 g/mol.